The Hall–Kier alpha value is -2.69. The van der Waals surface area contributed by atoms with Crippen LogP contribution in [0, 0.1) is 0 Å². The molecule has 3 aromatic heterocycles. The summed E-state index contributed by atoms with van der Waals surface area (Å²) in [4.78, 5) is 28.0. The molecule has 0 saturated heterocycles. The molecule has 0 amide bonds. The second kappa shape index (κ2) is 4.65. The fraction of sp³-hybridized carbons (Fsp3) is 0.278. The fourth-order valence-electron chi connectivity index (χ4n) is 3.90. The van der Waals surface area contributed by atoms with Crippen molar-refractivity contribution >= 4 is 32.7 Å². The van der Waals surface area contributed by atoms with Crippen molar-refractivity contribution < 1.29 is 0 Å². The van der Waals surface area contributed by atoms with Gasteiger partial charge in [-0.2, -0.15) is 0 Å². The van der Waals surface area contributed by atoms with Gasteiger partial charge in [-0.1, -0.05) is 18.9 Å². The van der Waals surface area contributed by atoms with Crippen molar-refractivity contribution in [2.45, 2.75) is 31.6 Å². The van der Waals surface area contributed by atoms with Crippen molar-refractivity contribution in [1.29, 1.82) is 0 Å². The van der Waals surface area contributed by atoms with Crippen LogP contribution in [0.25, 0.3) is 32.7 Å². The summed E-state index contributed by atoms with van der Waals surface area (Å²) in [5, 5.41) is 2.46. The molecule has 3 heterocycles. The lowest BCUT2D eigenvalue weighted by atomic mass is 10.1. The van der Waals surface area contributed by atoms with Crippen LogP contribution in [0.2, 0.25) is 0 Å². The molecular formula is C18H16N4O. The normalized spacial score (nSPS) is 16.0. The van der Waals surface area contributed by atoms with Crippen LogP contribution >= 0.6 is 0 Å². The van der Waals surface area contributed by atoms with Crippen LogP contribution in [-0.4, -0.2) is 19.9 Å². The summed E-state index contributed by atoms with van der Waals surface area (Å²) in [6, 6.07) is 5.76. The first-order valence-corrected chi connectivity index (χ1v) is 8.10. The maximum atomic E-state index is 12.4. The molecule has 1 aromatic carbocycles. The van der Waals surface area contributed by atoms with Crippen LogP contribution in [-0.2, 0) is 0 Å². The zero-order valence-corrected chi connectivity index (χ0v) is 12.6. The van der Waals surface area contributed by atoms with Crippen molar-refractivity contribution in [3.63, 3.8) is 0 Å². The number of benzene rings is 1. The number of rotatable bonds is 1. The van der Waals surface area contributed by atoms with Gasteiger partial charge in [-0.25, -0.2) is 4.98 Å². The van der Waals surface area contributed by atoms with E-state index in [0.29, 0.717) is 11.3 Å². The fourth-order valence-corrected chi connectivity index (χ4v) is 3.90. The molecule has 1 aliphatic carbocycles. The van der Waals surface area contributed by atoms with Gasteiger partial charge in [0.05, 0.1) is 16.4 Å². The van der Waals surface area contributed by atoms with Gasteiger partial charge in [0, 0.05) is 29.1 Å². The zero-order chi connectivity index (χ0) is 15.4. The predicted octanol–water partition coefficient (Wildman–Crippen LogP) is 3.61. The van der Waals surface area contributed by atoms with Gasteiger partial charge in [-0.05, 0) is 25.0 Å². The number of pyridine rings is 2. The molecule has 0 atom stereocenters. The number of aromatic nitrogens is 4. The monoisotopic (exact) mass is 304 g/mol. The van der Waals surface area contributed by atoms with E-state index in [2.05, 4.69) is 15.0 Å². The average molecular weight is 304 g/mol. The van der Waals surface area contributed by atoms with E-state index in [1.165, 1.54) is 25.7 Å². The smallest absolute Gasteiger partial charge is 0.256 e. The zero-order valence-electron chi connectivity index (χ0n) is 12.6. The highest BCUT2D eigenvalue weighted by Gasteiger charge is 2.22. The minimum absolute atomic E-state index is 0.0839. The first kappa shape index (κ1) is 12.8. The van der Waals surface area contributed by atoms with Crippen LogP contribution < -0.4 is 5.56 Å². The summed E-state index contributed by atoms with van der Waals surface area (Å²) in [5.41, 5.74) is 2.52. The molecule has 1 aliphatic rings. The van der Waals surface area contributed by atoms with E-state index in [1.807, 2.05) is 18.2 Å². The van der Waals surface area contributed by atoms with Crippen LogP contribution in [0.5, 0.6) is 0 Å². The van der Waals surface area contributed by atoms with Crippen molar-refractivity contribution in [3.05, 3.63) is 46.8 Å². The van der Waals surface area contributed by atoms with Crippen molar-refractivity contribution in [2.75, 3.05) is 0 Å². The Bertz CT molecular complexity index is 1100. The molecule has 1 fully saturated rings. The highest BCUT2D eigenvalue weighted by molar-refractivity contribution is 6.21. The minimum atomic E-state index is -0.0839. The lowest BCUT2D eigenvalue weighted by molar-refractivity contribution is 0.681. The second-order valence-electron chi connectivity index (χ2n) is 6.32. The number of aromatic amines is 2. The third-order valence-electron chi connectivity index (χ3n) is 5.00. The summed E-state index contributed by atoms with van der Waals surface area (Å²) < 4.78 is 0. The first-order valence-electron chi connectivity index (χ1n) is 8.10. The van der Waals surface area contributed by atoms with Crippen LogP contribution in [0.3, 0.4) is 0 Å². The van der Waals surface area contributed by atoms with Crippen molar-refractivity contribution in [3.8, 4) is 0 Å². The molecule has 0 unspecified atom stereocenters. The molecule has 5 rings (SSSR count). The molecule has 1 saturated carbocycles. The van der Waals surface area contributed by atoms with Crippen LogP contribution in [0.15, 0.2) is 35.4 Å². The molecule has 0 bridgehead atoms. The maximum Gasteiger partial charge on any atom is 0.256 e. The Kier molecular flexibility index (Phi) is 2.59. The number of H-pyrrole nitrogens is 2. The van der Waals surface area contributed by atoms with Crippen LogP contribution in [0.4, 0.5) is 0 Å². The Labute approximate surface area is 131 Å². The minimum Gasteiger partial charge on any atom is -0.341 e. The lowest BCUT2D eigenvalue weighted by Gasteiger charge is -2.03. The van der Waals surface area contributed by atoms with E-state index >= 15 is 0 Å². The molecule has 5 heteroatoms. The third kappa shape index (κ3) is 1.76. The van der Waals surface area contributed by atoms with Crippen molar-refractivity contribution in [1.82, 2.24) is 19.9 Å². The Balaban J connectivity index is 1.98. The molecule has 114 valence electrons. The summed E-state index contributed by atoms with van der Waals surface area (Å²) in [6.45, 7) is 0. The first-order chi connectivity index (χ1) is 11.3. The van der Waals surface area contributed by atoms with E-state index in [0.717, 1.165) is 33.1 Å². The average Bonchev–Trinajstić information content (AvgIpc) is 3.24. The summed E-state index contributed by atoms with van der Waals surface area (Å²) in [7, 11) is 0. The third-order valence-corrected chi connectivity index (χ3v) is 5.00. The van der Waals surface area contributed by atoms with E-state index in [1.54, 1.807) is 12.4 Å². The van der Waals surface area contributed by atoms with E-state index in [-0.39, 0.29) is 5.56 Å². The van der Waals surface area contributed by atoms with E-state index in [9.17, 15) is 4.79 Å². The number of imidazole rings is 1. The molecular weight excluding hydrogens is 288 g/mol. The number of nitrogens with one attached hydrogen (secondary N) is 2. The SMILES string of the molecule is O=c1[nH]ccc2c3[nH]c(C4CCCC4)nc3c3ncccc3c12. The predicted molar refractivity (Wildman–Crippen MR) is 90.7 cm³/mol. The van der Waals surface area contributed by atoms with Crippen molar-refractivity contribution in [2.24, 2.45) is 0 Å². The van der Waals surface area contributed by atoms with Gasteiger partial charge in [0.1, 0.15) is 11.3 Å². The van der Waals surface area contributed by atoms with Gasteiger partial charge >= 0.3 is 0 Å². The molecule has 4 aromatic rings. The number of fused-ring (bicyclic) bond motifs is 6. The largest absolute Gasteiger partial charge is 0.341 e. The highest BCUT2D eigenvalue weighted by atomic mass is 16.1. The van der Waals surface area contributed by atoms with Gasteiger partial charge in [-0.3, -0.25) is 9.78 Å². The van der Waals surface area contributed by atoms with E-state index < -0.39 is 0 Å². The van der Waals surface area contributed by atoms with E-state index in [4.69, 9.17) is 4.98 Å². The number of nitrogens with zero attached hydrogens (tertiary/aromatic N) is 2. The van der Waals surface area contributed by atoms with Gasteiger partial charge in [0.15, 0.2) is 0 Å². The molecule has 0 aliphatic heterocycles. The summed E-state index contributed by atoms with van der Waals surface area (Å²) in [5.74, 6) is 1.54. The van der Waals surface area contributed by atoms with Gasteiger partial charge in [0.25, 0.3) is 5.56 Å². The number of hydrogen-bond acceptors (Lipinski definition) is 3. The topological polar surface area (TPSA) is 74.4 Å². The molecule has 5 nitrogen and oxygen atoms in total. The van der Waals surface area contributed by atoms with Gasteiger partial charge in [0.2, 0.25) is 0 Å². The van der Waals surface area contributed by atoms with Gasteiger partial charge in [-0.15, -0.1) is 0 Å². The Morgan fingerprint density at radius 3 is 2.83 bits per heavy atom. The standard InChI is InChI=1S/C18H16N4O/c23-18-13-11-6-3-8-19-14(11)16-15(12(13)7-9-20-18)21-17(22-16)10-4-1-2-5-10/h3,6-10H,1-2,4-5H2,(H,20,23)(H,21,22). The summed E-state index contributed by atoms with van der Waals surface area (Å²) in [6.07, 6.45) is 8.35. The highest BCUT2D eigenvalue weighted by Crippen LogP contribution is 2.36. The number of hydrogen-bond donors (Lipinski definition) is 2. The maximum absolute atomic E-state index is 12.4. The lowest BCUT2D eigenvalue weighted by Crippen LogP contribution is -2.05. The molecule has 23 heavy (non-hydrogen) atoms. The second-order valence-corrected chi connectivity index (χ2v) is 6.32. The molecule has 0 spiro atoms. The van der Waals surface area contributed by atoms with Gasteiger partial charge < -0.3 is 9.97 Å². The Morgan fingerprint density at radius 2 is 1.96 bits per heavy atom. The summed E-state index contributed by atoms with van der Waals surface area (Å²) >= 11 is 0. The Morgan fingerprint density at radius 1 is 1.09 bits per heavy atom. The molecule has 2 N–H and O–H groups in total. The molecule has 0 radical (unpaired) electrons. The van der Waals surface area contributed by atoms with Crippen LogP contribution in [0.1, 0.15) is 37.4 Å². The quantitative estimate of drug-likeness (QED) is 0.527.